The fourth-order valence-corrected chi connectivity index (χ4v) is 2.84. The average Bonchev–Trinajstić information content (AvgIpc) is 2.98. The van der Waals surface area contributed by atoms with Crippen LogP contribution in [0.15, 0.2) is 0 Å². The van der Waals surface area contributed by atoms with Crippen molar-refractivity contribution in [2.45, 2.75) is 43.8 Å². The van der Waals surface area contributed by atoms with Gasteiger partial charge in [0.2, 0.25) is 5.91 Å². The molecule has 1 aliphatic heterocycles. The molecule has 2 amide bonds. The van der Waals surface area contributed by atoms with E-state index < -0.39 is 11.5 Å². The Morgan fingerprint density at radius 1 is 1.28 bits per heavy atom. The Morgan fingerprint density at radius 2 is 1.94 bits per heavy atom. The maximum absolute atomic E-state index is 12.5. The minimum absolute atomic E-state index is 0.154. The van der Waals surface area contributed by atoms with Crippen LogP contribution in [0.3, 0.4) is 0 Å². The summed E-state index contributed by atoms with van der Waals surface area (Å²) in [6.07, 6.45) is 4.87. The van der Waals surface area contributed by atoms with E-state index in [9.17, 15) is 14.0 Å². The Balaban J connectivity index is 1.80. The lowest BCUT2D eigenvalue weighted by atomic mass is 10.1. The van der Waals surface area contributed by atoms with Crippen LogP contribution in [0.4, 0.5) is 4.39 Å². The van der Waals surface area contributed by atoms with E-state index in [1.807, 2.05) is 0 Å². The van der Waals surface area contributed by atoms with Crippen LogP contribution in [-0.4, -0.2) is 41.5 Å². The molecule has 1 saturated heterocycles. The van der Waals surface area contributed by atoms with E-state index in [0.29, 0.717) is 19.5 Å². The highest BCUT2D eigenvalue weighted by Gasteiger charge is 2.33. The van der Waals surface area contributed by atoms with Gasteiger partial charge in [0, 0.05) is 25.0 Å². The molecular formula is C12H18ClFN2O2. The molecule has 18 heavy (non-hydrogen) atoms. The third kappa shape index (κ3) is 3.13. The van der Waals surface area contributed by atoms with Crippen molar-refractivity contribution in [3.8, 4) is 0 Å². The van der Waals surface area contributed by atoms with Crippen molar-refractivity contribution in [3.05, 3.63) is 0 Å². The number of carbonyl (C=O) groups excluding carboxylic acids is 2. The van der Waals surface area contributed by atoms with Crippen molar-refractivity contribution >= 4 is 23.4 Å². The van der Waals surface area contributed by atoms with Crippen LogP contribution in [0.5, 0.6) is 0 Å². The number of rotatable bonds is 3. The third-order valence-electron chi connectivity index (χ3n) is 3.75. The van der Waals surface area contributed by atoms with E-state index in [1.54, 1.807) is 4.90 Å². The number of alkyl halides is 2. The number of carbonyl (C=O) groups is 2. The van der Waals surface area contributed by atoms with Crippen LogP contribution in [0, 0.1) is 5.92 Å². The average molecular weight is 277 g/mol. The molecule has 2 unspecified atom stereocenters. The second-order valence-corrected chi connectivity index (χ2v) is 5.44. The zero-order valence-electron chi connectivity index (χ0n) is 10.2. The summed E-state index contributed by atoms with van der Waals surface area (Å²) in [7, 11) is 0. The van der Waals surface area contributed by atoms with Crippen molar-refractivity contribution in [1.29, 1.82) is 0 Å². The Morgan fingerprint density at radius 3 is 2.56 bits per heavy atom. The van der Waals surface area contributed by atoms with Gasteiger partial charge in [-0.05, 0) is 19.3 Å². The van der Waals surface area contributed by atoms with Gasteiger partial charge in [-0.2, -0.15) is 0 Å². The molecule has 0 bridgehead atoms. The number of hydrogen-bond acceptors (Lipinski definition) is 2. The fourth-order valence-electron chi connectivity index (χ4n) is 2.77. The van der Waals surface area contributed by atoms with Crippen molar-refractivity contribution in [2.24, 2.45) is 5.92 Å². The van der Waals surface area contributed by atoms with Gasteiger partial charge in [0.1, 0.15) is 0 Å². The normalized spacial score (nSPS) is 26.3. The molecule has 1 heterocycles. The van der Waals surface area contributed by atoms with E-state index in [-0.39, 0.29) is 17.9 Å². The Bertz CT molecular complexity index is 332. The molecule has 0 radical (unpaired) electrons. The van der Waals surface area contributed by atoms with Crippen LogP contribution in [0.2, 0.25) is 0 Å². The molecule has 1 aliphatic carbocycles. The quantitative estimate of drug-likeness (QED) is 0.793. The fraction of sp³-hybridized carbons (Fsp3) is 0.833. The number of halogens is 2. The first-order valence-corrected chi connectivity index (χ1v) is 6.89. The minimum Gasteiger partial charge on any atom is -0.348 e. The predicted molar refractivity (Wildman–Crippen MR) is 65.8 cm³/mol. The highest BCUT2D eigenvalue weighted by molar-refractivity contribution is 6.29. The molecule has 1 saturated carbocycles. The number of likely N-dealkylation sites (tertiary alicyclic amines) is 1. The van der Waals surface area contributed by atoms with E-state index >= 15 is 0 Å². The second kappa shape index (κ2) is 5.87. The lowest BCUT2D eigenvalue weighted by Gasteiger charge is -2.20. The molecule has 2 atom stereocenters. The van der Waals surface area contributed by atoms with Gasteiger partial charge in [0.15, 0.2) is 0 Å². The molecule has 0 aromatic rings. The standard InChI is InChI=1S/C12H18ClFN2O2/c13-10(14)11(17)15-9-5-6-16(7-9)12(18)8-3-1-2-4-8/h8-10H,1-7H2,(H,15,17). The van der Waals surface area contributed by atoms with Gasteiger partial charge in [-0.1, -0.05) is 24.4 Å². The summed E-state index contributed by atoms with van der Waals surface area (Å²) in [6.45, 7) is 1.12. The topological polar surface area (TPSA) is 49.4 Å². The Hall–Kier alpha value is -0.840. The monoisotopic (exact) mass is 276 g/mol. The first-order chi connectivity index (χ1) is 8.58. The number of amides is 2. The molecule has 102 valence electrons. The van der Waals surface area contributed by atoms with Crippen molar-refractivity contribution < 1.29 is 14.0 Å². The van der Waals surface area contributed by atoms with Crippen molar-refractivity contribution in [3.63, 3.8) is 0 Å². The summed E-state index contributed by atoms with van der Waals surface area (Å²) in [5.41, 5.74) is -2.01. The summed E-state index contributed by atoms with van der Waals surface area (Å²) in [5.74, 6) is -0.467. The largest absolute Gasteiger partial charge is 0.348 e. The van der Waals surface area contributed by atoms with Crippen LogP contribution in [0.1, 0.15) is 32.1 Å². The Labute approximate surface area is 111 Å². The van der Waals surface area contributed by atoms with Crippen molar-refractivity contribution in [2.75, 3.05) is 13.1 Å². The minimum atomic E-state index is -2.01. The zero-order valence-corrected chi connectivity index (χ0v) is 11.0. The Kier molecular flexibility index (Phi) is 4.43. The number of nitrogens with zero attached hydrogens (tertiary/aromatic N) is 1. The smallest absolute Gasteiger partial charge is 0.270 e. The molecule has 4 nitrogen and oxygen atoms in total. The molecular weight excluding hydrogens is 259 g/mol. The third-order valence-corrected chi connectivity index (χ3v) is 3.95. The van der Waals surface area contributed by atoms with E-state index in [4.69, 9.17) is 11.6 Å². The highest BCUT2D eigenvalue weighted by atomic mass is 35.5. The summed E-state index contributed by atoms with van der Waals surface area (Å²) in [5, 5.41) is 2.51. The van der Waals surface area contributed by atoms with Gasteiger partial charge < -0.3 is 10.2 Å². The van der Waals surface area contributed by atoms with Gasteiger partial charge >= 0.3 is 0 Å². The maximum Gasteiger partial charge on any atom is 0.270 e. The molecule has 6 heteroatoms. The molecule has 0 aromatic carbocycles. The molecule has 0 spiro atoms. The SMILES string of the molecule is O=C(NC1CCN(C(=O)C2CCCC2)C1)C(F)Cl. The van der Waals surface area contributed by atoms with Gasteiger partial charge in [-0.25, -0.2) is 4.39 Å². The lowest BCUT2D eigenvalue weighted by Crippen LogP contribution is -2.41. The molecule has 2 rings (SSSR count). The van der Waals surface area contributed by atoms with Crippen LogP contribution in [-0.2, 0) is 9.59 Å². The zero-order chi connectivity index (χ0) is 13.1. The number of hydrogen-bond donors (Lipinski definition) is 1. The van der Waals surface area contributed by atoms with Crippen LogP contribution >= 0.6 is 11.6 Å². The maximum atomic E-state index is 12.5. The van der Waals surface area contributed by atoms with Gasteiger partial charge in [-0.15, -0.1) is 0 Å². The van der Waals surface area contributed by atoms with Crippen molar-refractivity contribution in [1.82, 2.24) is 10.2 Å². The molecule has 2 aliphatic rings. The summed E-state index contributed by atoms with van der Waals surface area (Å²) in [6, 6.07) is -0.167. The lowest BCUT2D eigenvalue weighted by molar-refractivity contribution is -0.134. The van der Waals surface area contributed by atoms with E-state index in [1.165, 1.54) is 0 Å². The second-order valence-electron chi connectivity index (χ2n) is 5.06. The van der Waals surface area contributed by atoms with E-state index in [0.717, 1.165) is 25.7 Å². The summed E-state index contributed by atoms with van der Waals surface area (Å²) in [4.78, 5) is 25.0. The molecule has 2 fully saturated rings. The van der Waals surface area contributed by atoms with Crippen LogP contribution in [0.25, 0.3) is 0 Å². The van der Waals surface area contributed by atoms with Gasteiger partial charge in [0.25, 0.3) is 11.5 Å². The van der Waals surface area contributed by atoms with Gasteiger partial charge in [0.05, 0.1) is 0 Å². The van der Waals surface area contributed by atoms with E-state index in [2.05, 4.69) is 5.32 Å². The number of nitrogens with one attached hydrogen (secondary N) is 1. The summed E-state index contributed by atoms with van der Waals surface area (Å²) >= 11 is 5.05. The van der Waals surface area contributed by atoms with Gasteiger partial charge in [-0.3, -0.25) is 9.59 Å². The predicted octanol–water partition coefficient (Wildman–Crippen LogP) is 1.43. The summed E-state index contributed by atoms with van der Waals surface area (Å²) < 4.78 is 12.5. The molecule has 0 aromatic heterocycles. The first kappa shape index (κ1) is 13.6. The van der Waals surface area contributed by atoms with Crippen LogP contribution < -0.4 is 5.32 Å². The first-order valence-electron chi connectivity index (χ1n) is 6.45. The molecule has 1 N–H and O–H groups in total. The highest BCUT2D eigenvalue weighted by Crippen LogP contribution is 2.27.